The standard InChI is InChI=1S/C20H21N5O/c21-8-13-3-4-17(15-2-1-7-23-18(13)15)25-11-16(20(12-25)5-6-20)19(26)24-9-14(22)10-24/h1-4,7,14,16H,5-6,9-12,22H2. The van der Waals surface area contributed by atoms with E-state index in [1.165, 1.54) is 0 Å². The minimum atomic E-state index is 0.0531. The lowest BCUT2D eigenvalue weighted by atomic mass is 9.90. The van der Waals surface area contributed by atoms with Crippen LogP contribution in [0.5, 0.6) is 0 Å². The number of nitrogens with two attached hydrogens (primary N) is 1. The van der Waals surface area contributed by atoms with E-state index in [-0.39, 0.29) is 23.3 Å². The van der Waals surface area contributed by atoms with E-state index in [1.54, 1.807) is 6.20 Å². The Labute approximate surface area is 152 Å². The number of nitrogens with zero attached hydrogens (tertiary/aromatic N) is 4. The second-order valence-electron chi connectivity index (χ2n) is 7.94. The monoisotopic (exact) mass is 347 g/mol. The number of pyridine rings is 1. The molecule has 2 aliphatic heterocycles. The molecule has 26 heavy (non-hydrogen) atoms. The quantitative estimate of drug-likeness (QED) is 0.889. The van der Waals surface area contributed by atoms with Gasteiger partial charge in [-0.25, -0.2) is 0 Å². The summed E-state index contributed by atoms with van der Waals surface area (Å²) in [6.45, 7) is 3.02. The number of benzene rings is 1. The number of nitriles is 1. The summed E-state index contributed by atoms with van der Waals surface area (Å²) in [5, 5.41) is 10.3. The molecule has 1 aliphatic carbocycles. The SMILES string of the molecule is N#Cc1ccc(N2CC(C(=O)N3CC(N)C3)C3(CC3)C2)c2cccnc12. The smallest absolute Gasteiger partial charge is 0.228 e. The van der Waals surface area contributed by atoms with Gasteiger partial charge in [0.1, 0.15) is 6.07 Å². The molecule has 132 valence electrons. The Kier molecular flexibility index (Phi) is 3.25. The molecule has 6 heteroatoms. The van der Waals surface area contributed by atoms with E-state index in [9.17, 15) is 10.1 Å². The summed E-state index contributed by atoms with van der Waals surface area (Å²) in [7, 11) is 0. The molecule has 1 spiro atoms. The number of carbonyl (C=O) groups is 1. The van der Waals surface area contributed by atoms with Crippen LogP contribution in [0.1, 0.15) is 18.4 Å². The van der Waals surface area contributed by atoms with Gasteiger partial charge in [-0.15, -0.1) is 0 Å². The maximum atomic E-state index is 13.0. The fourth-order valence-electron chi connectivity index (χ4n) is 4.60. The van der Waals surface area contributed by atoms with Crippen molar-refractivity contribution in [3.8, 4) is 6.07 Å². The molecular formula is C20H21N5O. The summed E-state index contributed by atoms with van der Waals surface area (Å²) in [4.78, 5) is 21.6. The highest BCUT2D eigenvalue weighted by Crippen LogP contribution is 2.57. The van der Waals surface area contributed by atoms with Gasteiger partial charge in [-0.05, 0) is 37.1 Å². The van der Waals surface area contributed by atoms with Gasteiger partial charge in [0.15, 0.2) is 0 Å². The molecule has 1 atom stereocenters. The normalized spacial score (nSPS) is 23.9. The van der Waals surface area contributed by atoms with Crippen molar-refractivity contribution >= 4 is 22.5 Å². The molecule has 1 aromatic heterocycles. The highest BCUT2D eigenvalue weighted by molar-refractivity contribution is 5.96. The van der Waals surface area contributed by atoms with Crippen molar-refractivity contribution in [1.29, 1.82) is 5.26 Å². The van der Waals surface area contributed by atoms with Crippen LogP contribution in [-0.2, 0) is 4.79 Å². The average molecular weight is 347 g/mol. The highest BCUT2D eigenvalue weighted by atomic mass is 16.2. The maximum absolute atomic E-state index is 13.0. The Bertz CT molecular complexity index is 939. The first-order valence-electron chi connectivity index (χ1n) is 9.18. The molecule has 3 aliphatic rings. The van der Waals surface area contributed by atoms with Crippen molar-refractivity contribution in [3.05, 3.63) is 36.0 Å². The van der Waals surface area contributed by atoms with Crippen LogP contribution < -0.4 is 10.6 Å². The predicted octanol–water partition coefficient (Wildman–Crippen LogP) is 1.49. The fraction of sp³-hybridized carbons (Fsp3) is 0.450. The largest absolute Gasteiger partial charge is 0.370 e. The molecule has 6 nitrogen and oxygen atoms in total. The Morgan fingerprint density at radius 1 is 1.27 bits per heavy atom. The van der Waals surface area contributed by atoms with Crippen LogP contribution in [0.25, 0.3) is 10.9 Å². The van der Waals surface area contributed by atoms with Crippen molar-refractivity contribution < 1.29 is 4.79 Å². The number of hydrogen-bond donors (Lipinski definition) is 1. The number of aromatic nitrogens is 1. The Hall–Kier alpha value is -2.65. The van der Waals surface area contributed by atoms with Crippen LogP contribution in [0.4, 0.5) is 5.69 Å². The van der Waals surface area contributed by atoms with Crippen LogP contribution in [-0.4, -0.2) is 48.0 Å². The predicted molar refractivity (Wildman–Crippen MR) is 98.4 cm³/mol. The number of hydrogen-bond acceptors (Lipinski definition) is 5. The zero-order chi connectivity index (χ0) is 17.9. The first kappa shape index (κ1) is 15.6. The van der Waals surface area contributed by atoms with Crippen molar-refractivity contribution in [2.24, 2.45) is 17.1 Å². The number of carbonyl (C=O) groups excluding carboxylic acids is 1. The number of likely N-dealkylation sites (tertiary alicyclic amines) is 1. The van der Waals surface area contributed by atoms with E-state index < -0.39 is 0 Å². The lowest BCUT2D eigenvalue weighted by Gasteiger charge is -2.39. The number of rotatable bonds is 2. The molecule has 3 heterocycles. The molecule has 2 N–H and O–H groups in total. The molecule has 1 aromatic carbocycles. The van der Waals surface area contributed by atoms with E-state index >= 15 is 0 Å². The summed E-state index contributed by atoms with van der Waals surface area (Å²) >= 11 is 0. The second kappa shape index (κ2) is 5.42. The summed E-state index contributed by atoms with van der Waals surface area (Å²) in [5.74, 6) is 0.320. The topological polar surface area (TPSA) is 86.2 Å². The molecule has 5 rings (SSSR count). The van der Waals surface area contributed by atoms with Gasteiger partial charge in [-0.3, -0.25) is 9.78 Å². The highest BCUT2D eigenvalue weighted by Gasteiger charge is 2.59. The third-order valence-electron chi connectivity index (χ3n) is 6.27. The summed E-state index contributed by atoms with van der Waals surface area (Å²) in [6.07, 6.45) is 3.96. The van der Waals surface area contributed by atoms with Crippen molar-refractivity contribution in [2.75, 3.05) is 31.1 Å². The van der Waals surface area contributed by atoms with Gasteiger partial charge in [0, 0.05) is 54.9 Å². The lowest BCUT2D eigenvalue weighted by Crippen LogP contribution is -2.59. The first-order chi connectivity index (χ1) is 12.6. The van der Waals surface area contributed by atoms with Crippen LogP contribution in [0.2, 0.25) is 0 Å². The van der Waals surface area contributed by atoms with Crippen LogP contribution in [0, 0.1) is 22.7 Å². The minimum absolute atomic E-state index is 0.0531. The molecule has 3 fully saturated rings. The van der Waals surface area contributed by atoms with Crippen LogP contribution in [0.15, 0.2) is 30.5 Å². The third-order valence-corrected chi connectivity index (χ3v) is 6.27. The van der Waals surface area contributed by atoms with Crippen molar-refractivity contribution in [3.63, 3.8) is 0 Å². The molecule has 1 unspecified atom stereocenters. The fourth-order valence-corrected chi connectivity index (χ4v) is 4.60. The molecule has 0 bridgehead atoms. The van der Waals surface area contributed by atoms with Gasteiger partial charge < -0.3 is 15.5 Å². The van der Waals surface area contributed by atoms with E-state index in [2.05, 4.69) is 16.0 Å². The van der Waals surface area contributed by atoms with Crippen LogP contribution in [0.3, 0.4) is 0 Å². The van der Waals surface area contributed by atoms with E-state index in [0.29, 0.717) is 18.7 Å². The zero-order valence-corrected chi connectivity index (χ0v) is 14.6. The van der Waals surface area contributed by atoms with Gasteiger partial charge in [0.2, 0.25) is 5.91 Å². The molecular weight excluding hydrogens is 326 g/mol. The Morgan fingerprint density at radius 2 is 2.08 bits per heavy atom. The number of anilines is 1. The van der Waals surface area contributed by atoms with Gasteiger partial charge >= 0.3 is 0 Å². The van der Waals surface area contributed by atoms with Gasteiger partial charge in [-0.2, -0.15) is 5.26 Å². The number of fused-ring (bicyclic) bond motifs is 1. The molecule has 0 radical (unpaired) electrons. The molecule has 1 saturated carbocycles. The lowest BCUT2D eigenvalue weighted by molar-refractivity contribution is -0.141. The number of amides is 1. The van der Waals surface area contributed by atoms with Crippen molar-refractivity contribution in [1.82, 2.24) is 9.88 Å². The Balaban J connectivity index is 1.48. The third kappa shape index (κ3) is 2.20. The van der Waals surface area contributed by atoms with E-state index in [1.807, 2.05) is 29.2 Å². The Morgan fingerprint density at radius 3 is 2.77 bits per heavy atom. The van der Waals surface area contributed by atoms with E-state index in [4.69, 9.17) is 5.73 Å². The van der Waals surface area contributed by atoms with E-state index in [0.717, 1.165) is 42.5 Å². The van der Waals surface area contributed by atoms with Gasteiger partial charge in [0.25, 0.3) is 0 Å². The first-order valence-corrected chi connectivity index (χ1v) is 9.18. The van der Waals surface area contributed by atoms with Crippen LogP contribution >= 0.6 is 0 Å². The van der Waals surface area contributed by atoms with Crippen molar-refractivity contribution in [2.45, 2.75) is 18.9 Å². The summed E-state index contributed by atoms with van der Waals surface area (Å²) in [5.41, 5.74) is 8.39. The van der Waals surface area contributed by atoms with Gasteiger partial charge in [-0.1, -0.05) is 0 Å². The van der Waals surface area contributed by atoms with Gasteiger partial charge in [0.05, 0.1) is 17.0 Å². The molecule has 1 amide bonds. The zero-order valence-electron chi connectivity index (χ0n) is 14.6. The second-order valence-corrected chi connectivity index (χ2v) is 7.94. The molecule has 2 aromatic rings. The minimum Gasteiger partial charge on any atom is -0.370 e. The molecule has 2 saturated heterocycles. The average Bonchev–Trinajstić information content (AvgIpc) is 3.30. The summed E-state index contributed by atoms with van der Waals surface area (Å²) < 4.78 is 0. The maximum Gasteiger partial charge on any atom is 0.228 e. The summed E-state index contributed by atoms with van der Waals surface area (Å²) in [6, 6.07) is 10.1.